The number of aliphatic imine (C=N–C) groups is 1. The molecular weight excluding hydrogens is 470 g/mol. The number of furan rings is 1. The SMILES string of the molecule is CCOC(=O)C1=C(O)/C(=C\c2ccc(-c3ccccc3C(=O)O)o2)SC1=Nc1ccc(OC)cc1. The van der Waals surface area contributed by atoms with Gasteiger partial charge in [-0.2, -0.15) is 0 Å². The van der Waals surface area contributed by atoms with Crippen LogP contribution in [0.15, 0.2) is 86.3 Å². The van der Waals surface area contributed by atoms with Crippen LogP contribution in [0.3, 0.4) is 0 Å². The molecule has 8 nitrogen and oxygen atoms in total. The summed E-state index contributed by atoms with van der Waals surface area (Å²) >= 11 is 1.09. The van der Waals surface area contributed by atoms with Crippen LogP contribution in [-0.2, 0) is 9.53 Å². The zero-order chi connectivity index (χ0) is 24.9. The molecule has 2 aromatic carbocycles. The zero-order valence-corrected chi connectivity index (χ0v) is 19.7. The maximum Gasteiger partial charge on any atom is 0.344 e. The number of thioether (sulfide) groups is 1. The van der Waals surface area contributed by atoms with Crippen LogP contribution >= 0.6 is 11.8 Å². The van der Waals surface area contributed by atoms with Crippen molar-refractivity contribution in [1.82, 2.24) is 0 Å². The van der Waals surface area contributed by atoms with Gasteiger partial charge in [0, 0.05) is 5.56 Å². The second-order valence-electron chi connectivity index (χ2n) is 7.22. The number of carboxylic acids is 1. The molecule has 9 heteroatoms. The van der Waals surface area contributed by atoms with Crippen LogP contribution in [0.5, 0.6) is 5.75 Å². The van der Waals surface area contributed by atoms with Crippen molar-refractivity contribution in [3.05, 3.63) is 88.2 Å². The Morgan fingerprint density at radius 2 is 1.83 bits per heavy atom. The van der Waals surface area contributed by atoms with Crippen molar-refractivity contribution in [1.29, 1.82) is 0 Å². The zero-order valence-electron chi connectivity index (χ0n) is 18.8. The Kier molecular flexibility index (Phi) is 7.07. The first kappa shape index (κ1) is 23.9. The fourth-order valence-electron chi connectivity index (χ4n) is 3.35. The molecule has 3 aromatic rings. The molecule has 178 valence electrons. The molecule has 35 heavy (non-hydrogen) atoms. The van der Waals surface area contributed by atoms with Gasteiger partial charge in [0.05, 0.1) is 29.9 Å². The molecule has 1 aromatic heterocycles. The maximum absolute atomic E-state index is 12.6. The molecule has 4 rings (SSSR count). The number of nitrogens with zero attached hydrogens (tertiary/aromatic N) is 1. The lowest BCUT2D eigenvalue weighted by Crippen LogP contribution is -2.12. The van der Waals surface area contributed by atoms with Crippen molar-refractivity contribution in [3.8, 4) is 17.1 Å². The van der Waals surface area contributed by atoms with Gasteiger partial charge in [-0.25, -0.2) is 14.6 Å². The Morgan fingerprint density at radius 3 is 2.51 bits per heavy atom. The van der Waals surface area contributed by atoms with E-state index in [1.165, 1.54) is 6.07 Å². The molecule has 0 spiro atoms. The van der Waals surface area contributed by atoms with E-state index in [0.717, 1.165) is 11.8 Å². The van der Waals surface area contributed by atoms with Crippen LogP contribution in [0.25, 0.3) is 17.4 Å². The van der Waals surface area contributed by atoms with Gasteiger partial charge in [0.25, 0.3) is 0 Å². The van der Waals surface area contributed by atoms with Crippen LogP contribution in [-0.4, -0.2) is 40.9 Å². The van der Waals surface area contributed by atoms with Gasteiger partial charge in [0.15, 0.2) is 0 Å². The van der Waals surface area contributed by atoms with E-state index < -0.39 is 11.9 Å². The molecule has 0 saturated carbocycles. The van der Waals surface area contributed by atoms with Gasteiger partial charge in [-0.15, -0.1) is 0 Å². The molecule has 1 aliphatic rings. The number of hydrogen-bond acceptors (Lipinski definition) is 8. The van der Waals surface area contributed by atoms with Crippen LogP contribution < -0.4 is 4.74 Å². The van der Waals surface area contributed by atoms with Crippen LogP contribution in [0, 0.1) is 0 Å². The largest absolute Gasteiger partial charge is 0.506 e. The van der Waals surface area contributed by atoms with Crippen molar-refractivity contribution in [2.24, 2.45) is 4.99 Å². The third-order valence-electron chi connectivity index (χ3n) is 5.00. The Balaban J connectivity index is 1.70. The number of carboxylic acid groups (broad SMARTS) is 1. The minimum Gasteiger partial charge on any atom is -0.506 e. The molecule has 0 bridgehead atoms. The van der Waals surface area contributed by atoms with Gasteiger partial charge in [-0.1, -0.05) is 30.0 Å². The van der Waals surface area contributed by atoms with Gasteiger partial charge >= 0.3 is 11.9 Å². The summed E-state index contributed by atoms with van der Waals surface area (Å²) in [6.45, 7) is 1.81. The minimum atomic E-state index is -1.07. The minimum absolute atomic E-state index is 0.0399. The summed E-state index contributed by atoms with van der Waals surface area (Å²) in [5.74, 6) is -0.645. The predicted octanol–water partition coefficient (Wildman–Crippen LogP) is 5.85. The topological polar surface area (TPSA) is 119 Å². The number of esters is 1. The first-order valence-electron chi connectivity index (χ1n) is 10.6. The monoisotopic (exact) mass is 491 g/mol. The lowest BCUT2D eigenvalue weighted by atomic mass is 10.1. The van der Waals surface area contributed by atoms with E-state index in [-0.39, 0.29) is 28.5 Å². The van der Waals surface area contributed by atoms with Crippen LogP contribution in [0.4, 0.5) is 5.69 Å². The molecule has 0 radical (unpaired) electrons. The number of hydrogen-bond donors (Lipinski definition) is 2. The average molecular weight is 492 g/mol. The fraction of sp³-hybridized carbons (Fsp3) is 0.115. The highest BCUT2D eigenvalue weighted by Crippen LogP contribution is 2.41. The van der Waals surface area contributed by atoms with Crippen molar-refractivity contribution >= 4 is 40.5 Å². The lowest BCUT2D eigenvalue weighted by molar-refractivity contribution is -0.138. The van der Waals surface area contributed by atoms with Crippen molar-refractivity contribution < 1.29 is 33.7 Å². The lowest BCUT2D eigenvalue weighted by Gasteiger charge is -2.04. The fourth-order valence-corrected chi connectivity index (χ4v) is 4.37. The molecule has 2 heterocycles. The number of rotatable bonds is 7. The third-order valence-corrected chi connectivity index (χ3v) is 6.02. The molecule has 1 aliphatic heterocycles. The number of carbonyl (C=O) groups excluding carboxylic acids is 1. The van der Waals surface area contributed by atoms with Crippen LogP contribution in [0.2, 0.25) is 0 Å². The molecule has 0 atom stereocenters. The standard InChI is InChI=1S/C26H21NO7S/c1-3-33-26(31)22-23(28)21(35-24(22)27-15-8-10-16(32-2)11-9-15)14-17-12-13-20(34-17)18-6-4-5-7-19(18)25(29)30/h4-14,28H,3H2,1-2H3,(H,29,30)/b21-14+,27-24?. The highest BCUT2D eigenvalue weighted by atomic mass is 32.2. The number of aliphatic hydroxyl groups excluding tert-OH is 1. The van der Waals surface area contributed by atoms with E-state index >= 15 is 0 Å². The molecule has 0 aliphatic carbocycles. The Hall–Kier alpha value is -4.24. The normalized spacial score (nSPS) is 15.6. The van der Waals surface area contributed by atoms with Crippen molar-refractivity contribution in [2.75, 3.05) is 13.7 Å². The highest BCUT2D eigenvalue weighted by Gasteiger charge is 2.33. The Bertz CT molecular complexity index is 1370. The van der Waals surface area contributed by atoms with E-state index in [1.807, 2.05) is 0 Å². The first-order chi connectivity index (χ1) is 16.9. The van der Waals surface area contributed by atoms with E-state index in [0.29, 0.717) is 33.4 Å². The summed E-state index contributed by atoms with van der Waals surface area (Å²) in [5, 5.41) is 20.6. The summed E-state index contributed by atoms with van der Waals surface area (Å²) in [6.07, 6.45) is 1.56. The summed E-state index contributed by atoms with van der Waals surface area (Å²) in [5.41, 5.74) is 1.06. The van der Waals surface area contributed by atoms with Crippen molar-refractivity contribution in [3.63, 3.8) is 0 Å². The quantitative estimate of drug-likeness (QED) is 0.395. The summed E-state index contributed by atoms with van der Waals surface area (Å²) < 4.78 is 16.1. The summed E-state index contributed by atoms with van der Waals surface area (Å²) in [6, 6.07) is 16.7. The van der Waals surface area contributed by atoms with E-state index in [4.69, 9.17) is 13.9 Å². The highest BCUT2D eigenvalue weighted by molar-refractivity contribution is 8.18. The smallest absolute Gasteiger partial charge is 0.344 e. The Morgan fingerprint density at radius 1 is 1.09 bits per heavy atom. The number of carbonyl (C=O) groups is 2. The molecule has 2 N–H and O–H groups in total. The van der Waals surface area contributed by atoms with Crippen molar-refractivity contribution in [2.45, 2.75) is 6.92 Å². The number of benzene rings is 2. The molecular formula is C26H21NO7S. The molecule has 0 unspecified atom stereocenters. The summed E-state index contributed by atoms with van der Waals surface area (Å²) in [7, 11) is 1.56. The number of methoxy groups -OCH3 is 1. The third kappa shape index (κ3) is 5.15. The molecule has 0 amide bonds. The van der Waals surface area contributed by atoms with E-state index in [2.05, 4.69) is 4.99 Å². The summed E-state index contributed by atoms with van der Waals surface area (Å²) in [4.78, 5) is 29.0. The molecule has 0 saturated heterocycles. The van der Waals surface area contributed by atoms with E-state index in [1.54, 1.807) is 74.7 Å². The second-order valence-corrected chi connectivity index (χ2v) is 8.25. The maximum atomic E-state index is 12.6. The Labute approximate surface area is 205 Å². The van der Waals surface area contributed by atoms with Gasteiger partial charge in [-0.3, -0.25) is 0 Å². The van der Waals surface area contributed by atoms with Gasteiger partial charge < -0.3 is 24.1 Å². The van der Waals surface area contributed by atoms with Gasteiger partial charge in [0.2, 0.25) is 0 Å². The second kappa shape index (κ2) is 10.4. The number of aromatic carboxylic acids is 1. The molecule has 0 fully saturated rings. The number of ether oxygens (including phenoxy) is 2. The number of aliphatic hydroxyl groups is 1. The van der Waals surface area contributed by atoms with E-state index in [9.17, 15) is 19.8 Å². The first-order valence-corrected chi connectivity index (χ1v) is 11.4. The average Bonchev–Trinajstić information content (AvgIpc) is 3.44. The van der Waals surface area contributed by atoms with Crippen LogP contribution in [0.1, 0.15) is 23.0 Å². The van der Waals surface area contributed by atoms with Gasteiger partial charge in [0.1, 0.15) is 33.6 Å². The van der Waals surface area contributed by atoms with Gasteiger partial charge in [-0.05, 0) is 55.5 Å². The predicted molar refractivity (Wildman–Crippen MR) is 133 cm³/mol.